The highest BCUT2D eigenvalue weighted by molar-refractivity contribution is 7.17. The molecule has 0 spiro atoms. The smallest absolute Gasteiger partial charge is 0.261 e. The van der Waals surface area contributed by atoms with Crippen LogP contribution >= 0.6 is 11.3 Å². The highest BCUT2D eigenvalue weighted by atomic mass is 32.1. The van der Waals surface area contributed by atoms with Gasteiger partial charge in [0.25, 0.3) is 5.91 Å². The summed E-state index contributed by atoms with van der Waals surface area (Å²) in [7, 11) is 0. The Balaban J connectivity index is 1.52. The molecule has 0 aliphatic carbocycles. The van der Waals surface area contributed by atoms with Crippen molar-refractivity contribution in [2.24, 2.45) is 0 Å². The molecule has 0 aliphatic heterocycles. The molecule has 2 heterocycles. The molecule has 0 unspecified atom stereocenters. The van der Waals surface area contributed by atoms with Crippen LogP contribution in [0.1, 0.15) is 27.5 Å². The Morgan fingerprint density at radius 1 is 1.20 bits per heavy atom. The number of hydrogen-bond donors (Lipinski definition) is 1. The fourth-order valence-corrected chi connectivity index (χ4v) is 3.58. The van der Waals surface area contributed by atoms with Crippen LogP contribution in [0.4, 0.5) is 4.39 Å². The molecule has 1 N–H and O–H groups in total. The third-order valence-electron chi connectivity index (χ3n) is 3.89. The minimum absolute atomic E-state index is 0.0771. The van der Waals surface area contributed by atoms with Gasteiger partial charge in [0.2, 0.25) is 0 Å². The Bertz CT molecular complexity index is 867. The first kappa shape index (κ1) is 17.4. The van der Waals surface area contributed by atoms with Crippen LogP contribution in [0, 0.1) is 19.7 Å². The van der Waals surface area contributed by atoms with E-state index in [4.69, 9.17) is 0 Å². The van der Waals surface area contributed by atoms with Crippen molar-refractivity contribution in [3.8, 4) is 10.4 Å². The Morgan fingerprint density at radius 3 is 2.64 bits per heavy atom. The number of aryl methyl sites for hydroxylation is 3. The van der Waals surface area contributed by atoms with Crippen molar-refractivity contribution in [3.05, 3.63) is 64.5 Å². The number of carbonyl (C=O) groups excluding carboxylic acids is 1. The zero-order valence-electron chi connectivity index (χ0n) is 14.3. The van der Waals surface area contributed by atoms with E-state index < -0.39 is 0 Å². The topological polar surface area (TPSA) is 46.9 Å². The van der Waals surface area contributed by atoms with Crippen molar-refractivity contribution in [2.45, 2.75) is 26.8 Å². The second kappa shape index (κ2) is 7.61. The maximum Gasteiger partial charge on any atom is 0.261 e. The first-order valence-corrected chi connectivity index (χ1v) is 8.99. The lowest BCUT2D eigenvalue weighted by Gasteiger charge is -2.05. The molecule has 4 nitrogen and oxygen atoms in total. The third kappa shape index (κ3) is 4.33. The van der Waals surface area contributed by atoms with Crippen molar-refractivity contribution >= 4 is 17.2 Å². The number of amides is 1. The van der Waals surface area contributed by atoms with Crippen molar-refractivity contribution in [1.29, 1.82) is 0 Å². The minimum Gasteiger partial charge on any atom is -0.351 e. The molecule has 25 heavy (non-hydrogen) atoms. The van der Waals surface area contributed by atoms with Gasteiger partial charge in [-0.3, -0.25) is 9.48 Å². The lowest BCUT2D eigenvalue weighted by molar-refractivity contribution is 0.0956. The van der Waals surface area contributed by atoms with Crippen LogP contribution in [0.5, 0.6) is 0 Å². The molecule has 3 aromatic rings. The van der Waals surface area contributed by atoms with Crippen molar-refractivity contribution in [2.75, 3.05) is 6.54 Å². The van der Waals surface area contributed by atoms with Gasteiger partial charge in [-0.25, -0.2) is 4.39 Å². The van der Waals surface area contributed by atoms with Gasteiger partial charge in [0.05, 0.1) is 10.6 Å². The molecule has 2 aromatic heterocycles. The number of hydrogen-bond acceptors (Lipinski definition) is 3. The third-order valence-corrected chi connectivity index (χ3v) is 5.03. The summed E-state index contributed by atoms with van der Waals surface area (Å²) in [4.78, 5) is 13.9. The molecule has 1 amide bonds. The summed E-state index contributed by atoms with van der Waals surface area (Å²) in [6.07, 6.45) is 0.823. The van der Waals surface area contributed by atoms with Gasteiger partial charge in [0.1, 0.15) is 5.82 Å². The maximum atomic E-state index is 13.0. The molecule has 0 saturated carbocycles. The van der Waals surface area contributed by atoms with Gasteiger partial charge in [-0.1, -0.05) is 12.1 Å². The Kier molecular flexibility index (Phi) is 5.28. The van der Waals surface area contributed by atoms with E-state index in [1.54, 1.807) is 18.2 Å². The molecule has 0 fully saturated rings. The molecule has 1 aromatic carbocycles. The molecular formula is C19H20FN3OS. The van der Waals surface area contributed by atoms with Gasteiger partial charge >= 0.3 is 0 Å². The first-order valence-electron chi connectivity index (χ1n) is 8.18. The highest BCUT2D eigenvalue weighted by Crippen LogP contribution is 2.28. The molecule has 0 atom stereocenters. The maximum absolute atomic E-state index is 13.0. The first-order chi connectivity index (χ1) is 12.0. The van der Waals surface area contributed by atoms with Gasteiger partial charge < -0.3 is 5.32 Å². The zero-order valence-corrected chi connectivity index (χ0v) is 15.1. The van der Waals surface area contributed by atoms with E-state index >= 15 is 0 Å². The monoisotopic (exact) mass is 357 g/mol. The predicted molar refractivity (Wildman–Crippen MR) is 98.4 cm³/mol. The number of halogens is 1. The van der Waals surface area contributed by atoms with E-state index in [0.717, 1.165) is 34.8 Å². The second-order valence-corrected chi connectivity index (χ2v) is 7.01. The Morgan fingerprint density at radius 2 is 1.96 bits per heavy atom. The van der Waals surface area contributed by atoms with E-state index in [9.17, 15) is 9.18 Å². The lowest BCUT2D eigenvalue weighted by Crippen LogP contribution is -2.24. The standard InChI is InChI=1S/C19H20FN3OS/c1-13-12-14(2)23(22-13)11-3-10-21-19(24)18-9-8-17(25-18)15-4-6-16(20)7-5-15/h4-9,12H,3,10-11H2,1-2H3,(H,21,24). The molecule has 0 aliphatic rings. The lowest BCUT2D eigenvalue weighted by atomic mass is 10.2. The predicted octanol–water partition coefficient (Wildman–Crippen LogP) is 4.19. The summed E-state index contributed by atoms with van der Waals surface area (Å²) < 4.78 is 14.9. The van der Waals surface area contributed by atoms with Gasteiger partial charge in [-0.15, -0.1) is 11.3 Å². The number of benzene rings is 1. The SMILES string of the molecule is Cc1cc(C)n(CCCNC(=O)c2ccc(-c3ccc(F)cc3)s2)n1. The van der Waals surface area contributed by atoms with Crippen LogP contribution < -0.4 is 5.32 Å². The molecule has 0 saturated heterocycles. The van der Waals surface area contributed by atoms with Crippen molar-refractivity contribution in [1.82, 2.24) is 15.1 Å². The molecule has 0 bridgehead atoms. The number of nitrogens with one attached hydrogen (secondary N) is 1. The van der Waals surface area contributed by atoms with Gasteiger partial charge in [0, 0.05) is 23.7 Å². The minimum atomic E-state index is -0.263. The second-order valence-electron chi connectivity index (χ2n) is 5.93. The molecule has 3 rings (SSSR count). The van der Waals surface area contributed by atoms with E-state index in [-0.39, 0.29) is 11.7 Å². The van der Waals surface area contributed by atoms with Gasteiger partial charge in [-0.05, 0) is 56.2 Å². The fraction of sp³-hybridized carbons (Fsp3) is 0.263. The summed E-state index contributed by atoms with van der Waals surface area (Å²) in [5, 5.41) is 7.35. The summed E-state index contributed by atoms with van der Waals surface area (Å²) in [6, 6.07) is 12.0. The van der Waals surface area contributed by atoms with E-state index in [2.05, 4.69) is 10.4 Å². The van der Waals surface area contributed by atoms with E-state index in [1.165, 1.54) is 23.5 Å². The number of rotatable bonds is 6. The quantitative estimate of drug-likeness (QED) is 0.673. The van der Waals surface area contributed by atoms with Crippen LogP contribution in [0.15, 0.2) is 42.5 Å². The fourth-order valence-electron chi connectivity index (χ4n) is 2.65. The van der Waals surface area contributed by atoms with Crippen molar-refractivity contribution < 1.29 is 9.18 Å². The molecule has 130 valence electrons. The summed E-state index contributed by atoms with van der Waals surface area (Å²) in [6.45, 7) is 5.38. The molecule has 6 heteroatoms. The van der Waals surface area contributed by atoms with Crippen LogP contribution in [-0.2, 0) is 6.54 Å². The Labute approximate surface area is 150 Å². The van der Waals surface area contributed by atoms with Gasteiger partial charge in [0.15, 0.2) is 0 Å². The van der Waals surface area contributed by atoms with E-state index in [0.29, 0.717) is 11.4 Å². The average molecular weight is 357 g/mol. The largest absolute Gasteiger partial charge is 0.351 e. The number of carbonyl (C=O) groups is 1. The summed E-state index contributed by atoms with van der Waals surface area (Å²) in [5.41, 5.74) is 3.05. The number of thiophene rings is 1. The number of nitrogens with zero attached hydrogens (tertiary/aromatic N) is 2. The van der Waals surface area contributed by atoms with Crippen LogP contribution in [-0.4, -0.2) is 22.2 Å². The normalized spacial score (nSPS) is 10.8. The molecule has 0 radical (unpaired) electrons. The zero-order chi connectivity index (χ0) is 17.8. The highest BCUT2D eigenvalue weighted by Gasteiger charge is 2.10. The number of aromatic nitrogens is 2. The van der Waals surface area contributed by atoms with Crippen molar-refractivity contribution in [3.63, 3.8) is 0 Å². The molecular weight excluding hydrogens is 337 g/mol. The van der Waals surface area contributed by atoms with Gasteiger partial charge in [-0.2, -0.15) is 5.10 Å². The van der Waals surface area contributed by atoms with E-state index in [1.807, 2.05) is 30.7 Å². The Hall–Kier alpha value is -2.47. The van der Waals surface area contributed by atoms with Crippen LogP contribution in [0.25, 0.3) is 10.4 Å². The average Bonchev–Trinajstić information content (AvgIpc) is 3.19. The van der Waals surface area contributed by atoms with Crippen LogP contribution in [0.3, 0.4) is 0 Å². The summed E-state index contributed by atoms with van der Waals surface area (Å²) >= 11 is 1.41. The summed E-state index contributed by atoms with van der Waals surface area (Å²) in [5.74, 6) is -0.340. The van der Waals surface area contributed by atoms with Crippen LogP contribution in [0.2, 0.25) is 0 Å².